The van der Waals surface area contributed by atoms with Gasteiger partial charge < -0.3 is 0 Å². The van der Waals surface area contributed by atoms with Gasteiger partial charge in [0.05, 0.1) is 0 Å². The lowest BCUT2D eigenvalue weighted by atomic mass is 10.1. The SMILES string of the molecule is CC(C)=CCC/C(=C\Cl)[C@@H](Br)CBr. The average molecular weight is 330 g/mol. The van der Waals surface area contributed by atoms with E-state index in [1.165, 1.54) is 11.1 Å². The quantitative estimate of drug-likeness (QED) is 0.491. The van der Waals surface area contributed by atoms with Crippen LogP contribution in [0.4, 0.5) is 0 Å². The number of hydrogen-bond acceptors (Lipinski definition) is 0. The maximum absolute atomic E-state index is 5.72. The monoisotopic (exact) mass is 328 g/mol. The minimum absolute atomic E-state index is 0.357. The summed E-state index contributed by atoms with van der Waals surface area (Å²) in [6.45, 7) is 4.22. The minimum Gasteiger partial charge on any atom is -0.0930 e. The Labute approximate surface area is 103 Å². The third-order valence-electron chi connectivity index (χ3n) is 1.66. The summed E-state index contributed by atoms with van der Waals surface area (Å²) in [7, 11) is 0. The molecule has 0 nitrogen and oxygen atoms in total. The van der Waals surface area contributed by atoms with E-state index in [9.17, 15) is 0 Å². The number of alkyl halides is 2. The van der Waals surface area contributed by atoms with Gasteiger partial charge in [-0.3, -0.25) is 0 Å². The van der Waals surface area contributed by atoms with Gasteiger partial charge in [-0.05, 0) is 32.3 Å². The van der Waals surface area contributed by atoms with Gasteiger partial charge in [0.2, 0.25) is 0 Å². The zero-order valence-corrected chi connectivity index (χ0v) is 11.9. The molecule has 0 saturated heterocycles. The Morgan fingerprint density at radius 2 is 2.08 bits per heavy atom. The highest BCUT2D eigenvalue weighted by molar-refractivity contribution is 9.12. The summed E-state index contributed by atoms with van der Waals surface area (Å²) in [5.74, 6) is 0. The van der Waals surface area contributed by atoms with Crippen LogP contribution in [0, 0.1) is 0 Å². The molecule has 0 aliphatic heterocycles. The third kappa shape index (κ3) is 6.75. The fourth-order valence-corrected chi connectivity index (χ4v) is 2.10. The van der Waals surface area contributed by atoms with Crippen molar-refractivity contribution in [2.24, 2.45) is 0 Å². The summed E-state index contributed by atoms with van der Waals surface area (Å²) < 4.78 is 0. The van der Waals surface area contributed by atoms with Crippen LogP contribution in [0.5, 0.6) is 0 Å². The minimum atomic E-state index is 0.357. The van der Waals surface area contributed by atoms with E-state index in [-0.39, 0.29) is 0 Å². The Bertz CT molecular complexity index is 193. The summed E-state index contributed by atoms with van der Waals surface area (Å²) >= 11 is 12.7. The van der Waals surface area contributed by atoms with E-state index in [4.69, 9.17) is 11.6 Å². The van der Waals surface area contributed by atoms with Gasteiger partial charge in [0, 0.05) is 15.7 Å². The molecule has 0 aromatic heterocycles. The molecule has 0 aromatic rings. The number of hydrogen-bond donors (Lipinski definition) is 0. The largest absolute Gasteiger partial charge is 0.0930 e. The van der Waals surface area contributed by atoms with Crippen LogP contribution < -0.4 is 0 Å². The smallest absolute Gasteiger partial charge is 0.0463 e. The van der Waals surface area contributed by atoms with Crippen LogP contribution >= 0.6 is 43.5 Å². The average Bonchev–Trinajstić information content (AvgIpc) is 2.11. The number of allylic oxidation sites excluding steroid dienone is 3. The van der Waals surface area contributed by atoms with Gasteiger partial charge in [-0.15, -0.1) is 0 Å². The molecule has 0 radical (unpaired) electrons. The van der Waals surface area contributed by atoms with Crippen molar-refractivity contribution >= 4 is 43.5 Å². The lowest BCUT2D eigenvalue weighted by Crippen LogP contribution is -2.02. The predicted molar refractivity (Wildman–Crippen MR) is 69.1 cm³/mol. The molecular formula is C10H15Br2Cl. The first-order chi connectivity index (χ1) is 6.11. The van der Waals surface area contributed by atoms with Crippen molar-refractivity contribution in [1.29, 1.82) is 0 Å². The third-order valence-corrected chi connectivity index (χ3v) is 4.37. The second kappa shape index (κ2) is 8.07. The highest BCUT2D eigenvalue weighted by Crippen LogP contribution is 2.21. The summed E-state index contributed by atoms with van der Waals surface area (Å²) in [4.78, 5) is 0.357. The molecule has 13 heavy (non-hydrogen) atoms. The first kappa shape index (κ1) is 13.7. The van der Waals surface area contributed by atoms with E-state index in [0.29, 0.717) is 4.83 Å². The van der Waals surface area contributed by atoms with Crippen LogP contribution in [0.3, 0.4) is 0 Å². The Morgan fingerprint density at radius 3 is 2.46 bits per heavy atom. The number of rotatable bonds is 5. The maximum atomic E-state index is 5.72. The molecule has 0 bridgehead atoms. The molecule has 0 aliphatic carbocycles. The molecule has 0 unspecified atom stereocenters. The van der Waals surface area contributed by atoms with E-state index in [1.807, 2.05) is 0 Å². The Morgan fingerprint density at radius 1 is 1.46 bits per heavy atom. The fraction of sp³-hybridized carbons (Fsp3) is 0.600. The van der Waals surface area contributed by atoms with Crippen molar-refractivity contribution in [2.75, 3.05) is 5.33 Å². The van der Waals surface area contributed by atoms with Gasteiger partial charge >= 0.3 is 0 Å². The molecule has 0 amide bonds. The molecule has 0 heterocycles. The van der Waals surface area contributed by atoms with Crippen molar-refractivity contribution in [3.05, 3.63) is 22.8 Å². The zero-order chi connectivity index (χ0) is 10.3. The topological polar surface area (TPSA) is 0 Å². The van der Waals surface area contributed by atoms with Crippen LogP contribution in [0.25, 0.3) is 0 Å². The molecule has 76 valence electrons. The lowest BCUT2D eigenvalue weighted by Gasteiger charge is -2.09. The van der Waals surface area contributed by atoms with Crippen molar-refractivity contribution in [2.45, 2.75) is 31.5 Å². The van der Waals surface area contributed by atoms with Crippen LogP contribution in [0.2, 0.25) is 0 Å². The highest BCUT2D eigenvalue weighted by atomic mass is 79.9. The summed E-state index contributed by atoms with van der Waals surface area (Å²) in [5.41, 5.74) is 4.29. The lowest BCUT2D eigenvalue weighted by molar-refractivity contribution is 0.928. The molecule has 0 rings (SSSR count). The van der Waals surface area contributed by atoms with E-state index in [1.54, 1.807) is 5.54 Å². The van der Waals surface area contributed by atoms with Crippen molar-refractivity contribution in [1.82, 2.24) is 0 Å². The predicted octanol–water partition coefficient (Wildman–Crippen LogP) is 5.01. The van der Waals surface area contributed by atoms with Crippen molar-refractivity contribution in [3.8, 4) is 0 Å². The maximum Gasteiger partial charge on any atom is 0.0463 e. The normalized spacial score (nSPS) is 14.1. The van der Waals surface area contributed by atoms with E-state index in [0.717, 1.165) is 18.2 Å². The van der Waals surface area contributed by atoms with Crippen LogP contribution in [0.1, 0.15) is 26.7 Å². The highest BCUT2D eigenvalue weighted by Gasteiger charge is 2.07. The first-order valence-corrected chi connectivity index (χ1v) is 6.71. The summed E-state index contributed by atoms with van der Waals surface area (Å²) in [6.07, 6.45) is 4.32. The molecule has 0 spiro atoms. The molecule has 0 fully saturated rings. The molecule has 3 heteroatoms. The van der Waals surface area contributed by atoms with Crippen molar-refractivity contribution in [3.63, 3.8) is 0 Å². The van der Waals surface area contributed by atoms with Gasteiger partial charge in [-0.25, -0.2) is 0 Å². The van der Waals surface area contributed by atoms with Gasteiger partial charge in [0.15, 0.2) is 0 Å². The second-order valence-electron chi connectivity index (χ2n) is 3.13. The standard InChI is InChI=1S/C10H15Br2Cl/c1-8(2)4-3-5-9(7-13)10(12)6-11/h4,7,10H,3,5-6H2,1-2H3/b9-7+/t10-/m0/s1. The summed E-state index contributed by atoms with van der Waals surface area (Å²) in [6, 6.07) is 0. The number of halogens is 3. The van der Waals surface area contributed by atoms with Crippen molar-refractivity contribution < 1.29 is 0 Å². The Hall–Kier alpha value is 0.730. The van der Waals surface area contributed by atoms with Crippen LogP contribution in [0.15, 0.2) is 22.8 Å². The van der Waals surface area contributed by atoms with E-state index < -0.39 is 0 Å². The van der Waals surface area contributed by atoms with E-state index in [2.05, 4.69) is 51.8 Å². The van der Waals surface area contributed by atoms with Gasteiger partial charge in [0.25, 0.3) is 0 Å². The van der Waals surface area contributed by atoms with Crippen LogP contribution in [-0.2, 0) is 0 Å². The van der Waals surface area contributed by atoms with Gasteiger partial charge in [0.1, 0.15) is 0 Å². The fourth-order valence-electron chi connectivity index (χ4n) is 0.906. The second-order valence-corrected chi connectivity index (χ2v) is 5.10. The first-order valence-electron chi connectivity index (χ1n) is 4.24. The van der Waals surface area contributed by atoms with Gasteiger partial charge in [-0.2, -0.15) is 0 Å². The molecule has 0 N–H and O–H groups in total. The molecule has 0 saturated carbocycles. The Kier molecular flexibility index (Phi) is 8.53. The van der Waals surface area contributed by atoms with Gasteiger partial charge in [-0.1, -0.05) is 55.1 Å². The Balaban J connectivity index is 3.95. The molecule has 0 aliphatic rings. The zero-order valence-electron chi connectivity index (χ0n) is 7.99. The van der Waals surface area contributed by atoms with E-state index >= 15 is 0 Å². The van der Waals surface area contributed by atoms with Crippen LogP contribution in [-0.4, -0.2) is 10.2 Å². The summed E-state index contributed by atoms with van der Waals surface area (Å²) in [5, 5.41) is 0.903. The molecule has 1 atom stereocenters. The molecule has 0 aromatic carbocycles. The molecular weight excluding hydrogens is 315 g/mol.